The molecule has 0 spiro atoms. The van der Waals surface area contributed by atoms with E-state index in [2.05, 4.69) is 13.5 Å². The molecule has 1 aromatic rings. The number of allylic oxidation sites excluding steroid dienone is 2. The lowest BCUT2D eigenvalue weighted by atomic mass is 9.82. The molecule has 300 valence electrons. The van der Waals surface area contributed by atoms with Gasteiger partial charge < -0.3 is 39.2 Å². The number of amides is 1. The second kappa shape index (κ2) is 19.6. The Morgan fingerprint density at radius 1 is 1.00 bits per heavy atom. The molecule has 2 saturated heterocycles. The number of carbonyl (C=O) groups is 3. The van der Waals surface area contributed by atoms with Crippen LogP contribution < -0.4 is 0 Å². The third-order valence-corrected chi connectivity index (χ3v) is 11.7. The predicted octanol–water partition coefficient (Wildman–Crippen LogP) is 5.41. The average molecular weight is 754 g/mol. The highest BCUT2D eigenvalue weighted by molar-refractivity contribution is 6.39. The number of Topliss-reactive ketones (excluding diaryl/α,β-unsaturated/α-hetero) is 1. The highest BCUT2D eigenvalue weighted by atomic mass is 16.7. The number of aliphatic hydroxyl groups is 3. The molecule has 12 atom stereocenters. The van der Waals surface area contributed by atoms with Crippen molar-refractivity contribution in [3.05, 3.63) is 65.8 Å². The van der Waals surface area contributed by atoms with Crippen molar-refractivity contribution >= 4 is 23.7 Å². The fourth-order valence-corrected chi connectivity index (χ4v) is 8.48. The summed E-state index contributed by atoms with van der Waals surface area (Å²) in [6.45, 7) is 13.3. The number of carbonyl (C=O) groups excluding carboxylic acids is 3. The van der Waals surface area contributed by atoms with Gasteiger partial charge in [0, 0.05) is 44.9 Å². The molecule has 3 aliphatic rings. The number of fused-ring (bicyclic) bond motifs is 3. The van der Waals surface area contributed by atoms with Gasteiger partial charge in [0.05, 0.1) is 24.4 Å². The smallest absolute Gasteiger partial charge is 0.329 e. The molecule has 11 heteroatoms. The lowest BCUT2D eigenvalue weighted by Crippen LogP contribution is -2.64. The molecule has 0 aromatic heterocycles. The van der Waals surface area contributed by atoms with Crippen LogP contribution in [0.5, 0.6) is 0 Å². The van der Waals surface area contributed by atoms with E-state index in [4.69, 9.17) is 18.9 Å². The van der Waals surface area contributed by atoms with Gasteiger partial charge in [-0.2, -0.15) is 0 Å². The summed E-state index contributed by atoms with van der Waals surface area (Å²) in [7, 11) is 3.08. The third-order valence-electron chi connectivity index (χ3n) is 11.7. The summed E-state index contributed by atoms with van der Waals surface area (Å²) in [5.74, 6) is -7.11. The maximum absolute atomic E-state index is 14.2. The van der Waals surface area contributed by atoms with Gasteiger partial charge in [0.2, 0.25) is 5.79 Å². The van der Waals surface area contributed by atoms with Crippen molar-refractivity contribution in [1.29, 1.82) is 0 Å². The van der Waals surface area contributed by atoms with Crippen LogP contribution in [0.25, 0.3) is 6.08 Å². The summed E-state index contributed by atoms with van der Waals surface area (Å²) >= 11 is 0. The molecule has 3 heterocycles. The fourth-order valence-electron chi connectivity index (χ4n) is 8.48. The molecule has 2 fully saturated rings. The monoisotopic (exact) mass is 753 g/mol. The number of methoxy groups -OCH3 is 2. The van der Waals surface area contributed by atoms with E-state index in [1.807, 2.05) is 56.3 Å². The molecule has 3 N–H and O–H groups in total. The van der Waals surface area contributed by atoms with Gasteiger partial charge in [-0.25, -0.2) is 4.79 Å². The Balaban J connectivity index is 1.79. The maximum Gasteiger partial charge on any atom is 0.329 e. The Morgan fingerprint density at radius 2 is 1.67 bits per heavy atom. The zero-order valence-electron chi connectivity index (χ0n) is 33.2. The van der Waals surface area contributed by atoms with E-state index in [1.165, 1.54) is 12.0 Å². The largest absolute Gasteiger partial charge is 0.456 e. The Morgan fingerprint density at radius 3 is 2.31 bits per heavy atom. The molecule has 54 heavy (non-hydrogen) atoms. The fraction of sp³-hybridized carbons (Fsp3) is 0.651. The zero-order valence-corrected chi connectivity index (χ0v) is 33.2. The van der Waals surface area contributed by atoms with Crippen molar-refractivity contribution < 1.29 is 48.7 Å². The minimum atomic E-state index is -2.48. The summed E-state index contributed by atoms with van der Waals surface area (Å²) < 4.78 is 24.2. The first kappa shape index (κ1) is 43.5. The number of esters is 1. The molecule has 0 aliphatic carbocycles. The van der Waals surface area contributed by atoms with Gasteiger partial charge in [0.15, 0.2) is 0 Å². The first-order valence-electron chi connectivity index (χ1n) is 19.5. The van der Waals surface area contributed by atoms with Gasteiger partial charge >= 0.3 is 5.97 Å². The number of rotatable bonds is 6. The first-order valence-corrected chi connectivity index (χ1v) is 19.5. The highest BCUT2D eigenvalue weighted by Gasteiger charge is 2.56. The second-order valence-corrected chi connectivity index (χ2v) is 15.9. The van der Waals surface area contributed by atoms with Crippen molar-refractivity contribution in [2.75, 3.05) is 20.8 Å². The molecule has 0 radical (unpaired) electrons. The van der Waals surface area contributed by atoms with Crippen LogP contribution >= 0.6 is 0 Å². The van der Waals surface area contributed by atoms with Crippen molar-refractivity contribution in [2.45, 2.75) is 134 Å². The van der Waals surface area contributed by atoms with E-state index < -0.39 is 77.9 Å². The van der Waals surface area contributed by atoms with Crippen LogP contribution in [-0.4, -0.2) is 107 Å². The number of aliphatic hydroxyl groups excluding tert-OH is 2. The van der Waals surface area contributed by atoms with Crippen molar-refractivity contribution in [3.63, 3.8) is 0 Å². The summed E-state index contributed by atoms with van der Waals surface area (Å²) in [5, 5.41) is 35.2. The minimum Gasteiger partial charge on any atom is -0.456 e. The Hall–Kier alpha value is -3.19. The van der Waals surface area contributed by atoms with E-state index in [-0.39, 0.29) is 37.6 Å². The average Bonchev–Trinajstić information content (AvgIpc) is 3.15. The van der Waals surface area contributed by atoms with Crippen LogP contribution in [0.4, 0.5) is 0 Å². The Labute approximate surface area is 321 Å². The number of hydrogen-bond donors (Lipinski definition) is 3. The van der Waals surface area contributed by atoms with Crippen molar-refractivity contribution in [1.82, 2.24) is 4.90 Å². The number of piperidine rings is 1. The van der Waals surface area contributed by atoms with Crippen LogP contribution in [0.15, 0.2) is 60.2 Å². The van der Waals surface area contributed by atoms with E-state index in [1.54, 1.807) is 27.0 Å². The summed E-state index contributed by atoms with van der Waals surface area (Å²) in [6, 6.07) is 8.42. The number of nitrogens with zero attached hydrogens (tertiary/aromatic N) is 1. The van der Waals surface area contributed by atoms with Crippen LogP contribution in [0.3, 0.4) is 0 Å². The lowest BCUT2D eigenvalue weighted by Gasteiger charge is -2.47. The van der Waals surface area contributed by atoms with Gasteiger partial charge in [-0.3, -0.25) is 9.59 Å². The summed E-state index contributed by atoms with van der Waals surface area (Å²) in [5.41, 5.74) is 2.56. The van der Waals surface area contributed by atoms with E-state index >= 15 is 0 Å². The van der Waals surface area contributed by atoms with Crippen molar-refractivity contribution in [3.8, 4) is 0 Å². The second-order valence-electron chi connectivity index (χ2n) is 15.9. The number of hydrogen-bond acceptors (Lipinski definition) is 10. The first-order chi connectivity index (χ1) is 25.6. The molecule has 0 saturated carbocycles. The number of cyclic esters (lactones) is 1. The molecule has 0 unspecified atom stereocenters. The standard InChI is InChI=1S/C43H63NO10/c1-9-15-32-21-26(2)20-27(3)22-36(51-7)39-37(52-8)24-29(5)43(50,54-39)40(47)41(48)44-19-14-13-18-33(44)42(49)53-38(30(6)34(45)25-35(32)46)28(4)23-31-16-11-10-12-17-31/h9-12,16-17,21,23,27,29-30,32-39,45-46,50H,1,13-15,18-20,22,24-25H2,2-8H3/b26-21+,28-23+/t27-,29+,30+,32+,33-,34-,35+,36-,37-,38+,39+,43+/m0/s1. The molecule has 3 aliphatic heterocycles. The highest BCUT2D eigenvalue weighted by Crippen LogP contribution is 2.39. The van der Waals surface area contributed by atoms with Crippen LogP contribution in [0.2, 0.25) is 0 Å². The van der Waals surface area contributed by atoms with Gasteiger partial charge in [-0.05, 0) is 75.8 Å². The van der Waals surface area contributed by atoms with E-state index in [9.17, 15) is 29.7 Å². The van der Waals surface area contributed by atoms with Gasteiger partial charge in [0.25, 0.3) is 11.7 Å². The number of ketones is 1. The van der Waals surface area contributed by atoms with E-state index in [0.717, 1.165) is 11.1 Å². The molecule has 1 aromatic carbocycles. The molecule has 1 amide bonds. The quantitative estimate of drug-likeness (QED) is 0.195. The summed E-state index contributed by atoms with van der Waals surface area (Å²) in [4.78, 5) is 43.7. The predicted molar refractivity (Wildman–Crippen MR) is 206 cm³/mol. The molecular weight excluding hydrogens is 690 g/mol. The summed E-state index contributed by atoms with van der Waals surface area (Å²) in [6.07, 6.45) is 4.05. The molecule has 4 rings (SSSR count). The SMILES string of the molecule is C=CC[C@@H]1/C=C(\C)C[C@H](C)C[C@H](OC)[C@H]2O[C@@](O)(C(=O)C(=O)N3CCCC[C@H]3C(=O)O[C@H](/C(C)=C/c3ccccc3)[C@H](C)[C@@H](O)C[C@H]1O)[C@H](C)C[C@@H]2OC. The number of benzene rings is 1. The minimum absolute atomic E-state index is 0.0220. The Kier molecular flexibility index (Phi) is 15.8. The molecular formula is C43H63NO10. The lowest BCUT2D eigenvalue weighted by molar-refractivity contribution is -0.302. The molecule has 11 nitrogen and oxygen atoms in total. The normalized spacial score (nSPS) is 38.0. The van der Waals surface area contributed by atoms with E-state index in [0.29, 0.717) is 37.7 Å². The van der Waals surface area contributed by atoms with Gasteiger partial charge in [0.1, 0.15) is 18.2 Å². The number of ether oxygens (including phenoxy) is 4. The van der Waals surface area contributed by atoms with Crippen LogP contribution in [0.1, 0.15) is 91.5 Å². The Bertz CT molecular complexity index is 1490. The molecule has 2 bridgehead atoms. The van der Waals surface area contributed by atoms with Crippen LogP contribution in [0, 0.1) is 23.7 Å². The third kappa shape index (κ3) is 10.4. The maximum atomic E-state index is 14.2. The topological polar surface area (TPSA) is 152 Å². The zero-order chi connectivity index (χ0) is 39.7. The van der Waals surface area contributed by atoms with Gasteiger partial charge in [-0.1, -0.05) is 74.9 Å². The van der Waals surface area contributed by atoms with Gasteiger partial charge in [-0.15, -0.1) is 6.58 Å². The van der Waals surface area contributed by atoms with Crippen LogP contribution in [-0.2, 0) is 33.3 Å². The van der Waals surface area contributed by atoms with Crippen molar-refractivity contribution in [2.24, 2.45) is 23.7 Å².